The van der Waals surface area contributed by atoms with E-state index in [2.05, 4.69) is 10.6 Å². The molecule has 3 N–H and O–H groups in total. The third-order valence-electron chi connectivity index (χ3n) is 3.20. The van der Waals surface area contributed by atoms with E-state index in [0.29, 0.717) is 16.4 Å². The van der Waals surface area contributed by atoms with Crippen molar-refractivity contribution in [2.24, 2.45) is 0 Å². The van der Waals surface area contributed by atoms with Crippen LogP contribution in [0, 0.1) is 0 Å². The van der Waals surface area contributed by atoms with Crippen molar-refractivity contribution in [1.29, 1.82) is 0 Å². The van der Waals surface area contributed by atoms with Crippen LogP contribution in [0.1, 0.15) is 10.4 Å². The molecule has 0 aliphatic heterocycles. The first-order chi connectivity index (χ1) is 12.2. The van der Waals surface area contributed by atoms with Gasteiger partial charge in [-0.25, -0.2) is 0 Å². The van der Waals surface area contributed by atoms with E-state index in [4.69, 9.17) is 11.6 Å². The minimum absolute atomic E-state index is 0.242. The van der Waals surface area contributed by atoms with Crippen LogP contribution in [0.15, 0.2) is 48.5 Å². The van der Waals surface area contributed by atoms with Gasteiger partial charge in [0.25, 0.3) is 5.91 Å². The summed E-state index contributed by atoms with van der Waals surface area (Å²) in [5.41, 5.74) is 1.09. The Bertz CT molecular complexity index is 780. The number of benzene rings is 2. The molecule has 0 aliphatic carbocycles. The van der Waals surface area contributed by atoms with Gasteiger partial charge in [-0.15, -0.1) is 0 Å². The molecule has 0 atom stereocenters. The van der Waals surface area contributed by atoms with Crippen molar-refractivity contribution in [2.45, 2.75) is 6.18 Å². The lowest BCUT2D eigenvalue weighted by Crippen LogP contribution is -2.37. The van der Waals surface area contributed by atoms with Crippen LogP contribution in [0.3, 0.4) is 0 Å². The number of anilines is 2. The smallest absolute Gasteiger partial charge is 0.376 e. The van der Waals surface area contributed by atoms with Gasteiger partial charge in [0.05, 0.1) is 12.1 Å². The molecule has 0 bridgehead atoms. The van der Waals surface area contributed by atoms with Gasteiger partial charge in [-0.3, -0.25) is 9.59 Å². The highest BCUT2D eigenvalue weighted by molar-refractivity contribution is 6.30. The Morgan fingerprint density at radius 1 is 1.00 bits per heavy atom. The maximum absolute atomic E-state index is 12.4. The SMILES string of the molecule is O=C(CNc1ccccc1C(=O)Nc1ccc(Cl)cc1)NCC(F)(F)F. The molecule has 2 aromatic carbocycles. The predicted octanol–water partition coefficient (Wildman–Crippen LogP) is 3.68. The molecule has 0 aromatic heterocycles. The van der Waals surface area contributed by atoms with Crippen molar-refractivity contribution in [3.05, 3.63) is 59.1 Å². The number of alkyl halides is 3. The molecule has 2 rings (SSSR count). The molecule has 26 heavy (non-hydrogen) atoms. The van der Waals surface area contributed by atoms with Gasteiger partial charge in [0.15, 0.2) is 0 Å². The van der Waals surface area contributed by atoms with Crippen LogP contribution in [0.4, 0.5) is 24.5 Å². The van der Waals surface area contributed by atoms with Crippen LogP contribution >= 0.6 is 11.6 Å². The summed E-state index contributed by atoms with van der Waals surface area (Å²) in [6.45, 7) is -1.81. The molecule has 0 radical (unpaired) electrons. The lowest BCUT2D eigenvalue weighted by molar-refractivity contribution is -0.137. The summed E-state index contributed by atoms with van der Waals surface area (Å²) < 4.78 is 36.3. The van der Waals surface area contributed by atoms with Crippen LogP contribution in [-0.4, -0.2) is 31.1 Å². The number of para-hydroxylation sites is 1. The number of carbonyl (C=O) groups is 2. The average molecular weight is 386 g/mol. The van der Waals surface area contributed by atoms with E-state index in [1.807, 2.05) is 0 Å². The summed E-state index contributed by atoms with van der Waals surface area (Å²) in [5, 5.41) is 7.61. The van der Waals surface area contributed by atoms with Crippen molar-refractivity contribution < 1.29 is 22.8 Å². The number of hydrogen-bond acceptors (Lipinski definition) is 3. The highest BCUT2D eigenvalue weighted by Crippen LogP contribution is 2.19. The first-order valence-electron chi connectivity index (χ1n) is 7.48. The average Bonchev–Trinajstić information content (AvgIpc) is 2.59. The third kappa shape index (κ3) is 6.29. The quantitative estimate of drug-likeness (QED) is 0.710. The van der Waals surface area contributed by atoms with Gasteiger partial charge >= 0.3 is 6.18 Å². The van der Waals surface area contributed by atoms with Gasteiger partial charge in [-0.2, -0.15) is 13.2 Å². The minimum Gasteiger partial charge on any atom is -0.376 e. The zero-order valence-electron chi connectivity index (χ0n) is 13.4. The fourth-order valence-electron chi connectivity index (χ4n) is 2.00. The standard InChI is InChI=1S/C17H15ClF3N3O2/c18-11-5-7-12(8-6-11)24-16(26)13-3-1-2-4-14(13)22-9-15(25)23-10-17(19,20)21/h1-8,22H,9-10H2,(H,23,25)(H,24,26). The summed E-state index contributed by atoms with van der Waals surface area (Å²) in [7, 11) is 0. The Labute approximate surface area is 152 Å². The highest BCUT2D eigenvalue weighted by Gasteiger charge is 2.27. The van der Waals surface area contributed by atoms with Gasteiger partial charge < -0.3 is 16.0 Å². The van der Waals surface area contributed by atoms with E-state index in [1.54, 1.807) is 47.8 Å². The normalized spacial score (nSPS) is 10.9. The lowest BCUT2D eigenvalue weighted by Gasteiger charge is -2.13. The minimum atomic E-state index is -4.48. The van der Waals surface area contributed by atoms with Crippen LogP contribution in [0.2, 0.25) is 5.02 Å². The molecule has 0 aliphatic rings. The third-order valence-corrected chi connectivity index (χ3v) is 3.45. The highest BCUT2D eigenvalue weighted by atomic mass is 35.5. The molecule has 5 nitrogen and oxygen atoms in total. The van der Waals surface area contributed by atoms with E-state index < -0.39 is 31.1 Å². The second kappa shape index (κ2) is 8.57. The molecular formula is C17H15ClF3N3O2. The number of amides is 2. The van der Waals surface area contributed by atoms with Crippen LogP contribution in [0.5, 0.6) is 0 Å². The summed E-state index contributed by atoms with van der Waals surface area (Å²) in [6.07, 6.45) is -4.48. The summed E-state index contributed by atoms with van der Waals surface area (Å²) in [4.78, 5) is 23.9. The zero-order valence-corrected chi connectivity index (χ0v) is 14.1. The first kappa shape index (κ1) is 19.6. The molecule has 0 saturated carbocycles. The van der Waals surface area contributed by atoms with Crippen LogP contribution in [0.25, 0.3) is 0 Å². The second-order valence-electron chi connectivity index (χ2n) is 5.25. The number of nitrogens with one attached hydrogen (secondary N) is 3. The molecule has 0 fully saturated rings. The molecule has 2 aromatic rings. The van der Waals surface area contributed by atoms with Gasteiger partial charge in [0.2, 0.25) is 5.91 Å². The zero-order chi connectivity index (χ0) is 19.2. The number of halogens is 4. The van der Waals surface area contributed by atoms with E-state index in [0.717, 1.165) is 0 Å². The molecule has 138 valence electrons. The lowest BCUT2D eigenvalue weighted by atomic mass is 10.1. The number of hydrogen-bond donors (Lipinski definition) is 3. The summed E-state index contributed by atoms with van der Waals surface area (Å²) >= 11 is 5.78. The summed E-state index contributed by atoms with van der Waals surface area (Å²) in [6, 6.07) is 12.8. The maximum atomic E-state index is 12.4. The van der Waals surface area contributed by atoms with Crippen molar-refractivity contribution in [1.82, 2.24) is 5.32 Å². The molecule has 0 saturated heterocycles. The van der Waals surface area contributed by atoms with Crippen LogP contribution in [-0.2, 0) is 4.79 Å². The number of carbonyl (C=O) groups excluding carboxylic acids is 2. The van der Waals surface area contributed by atoms with Gasteiger partial charge in [-0.1, -0.05) is 23.7 Å². The fourth-order valence-corrected chi connectivity index (χ4v) is 2.13. The Balaban J connectivity index is 1.99. The fraction of sp³-hybridized carbons (Fsp3) is 0.176. The van der Waals surface area contributed by atoms with E-state index >= 15 is 0 Å². The Hall–Kier alpha value is -2.74. The molecular weight excluding hydrogens is 371 g/mol. The topological polar surface area (TPSA) is 70.2 Å². The van der Waals surface area contributed by atoms with Gasteiger partial charge in [-0.05, 0) is 36.4 Å². The molecule has 0 spiro atoms. The van der Waals surface area contributed by atoms with Crippen molar-refractivity contribution in [2.75, 3.05) is 23.7 Å². The Morgan fingerprint density at radius 2 is 1.65 bits per heavy atom. The molecule has 0 heterocycles. The summed E-state index contributed by atoms with van der Waals surface area (Å²) in [5.74, 6) is -1.28. The first-order valence-corrected chi connectivity index (χ1v) is 7.86. The van der Waals surface area contributed by atoms with Gasteiger partial charge in [0.1, 0.15) is 6.54 Å². The van der Waals surface area contributed by atoms with Crippen molar-refractivity contribution in [3.8, 4) is 0 Å². The Morgan fingerprint density at radius 3 is 2.31 bits per heavy atom. The molecule has 2 amide bonds. The Kier molecular flexibility index (Phi) is 6.46. The second-order valence-corrected chi connectivity index (χ2v) is 5.69. The monoisotopic (exact) mass is 385 g/mol. The van der Waals surface area contributed by atoms with Gasteiger partial charge in [0, 0.05) is 16.4 Å². The number of rotatable bonds is 6. The van der Waals surface area contributed by atoms with Crippen LogP contribution < -0.4 is 16.0 Å². The van der Waals surface area contributed by atoms with E-state index in [-0.39, 0.29) is 5.56 Å². The van der Waals surface area contributed by atoms with Crippen molar-refractivity contribution in [3.63, 3.8) is 0 Å². The van der Waals surface area contributed by atoms with E-state index in [1.165, 1.54) is 6.07 Å². The predicted molar refractivity (Wildman–Crippen MR) is 93.4 cm³/mol. The molecule has 9 heteroatoms. The molecule has 0 unspecified atom stereocenters. The van der Waals surface area contributed by atoms with E-state index in [9.17, 15) is 22.8 Å². The van der Waals surface area contributed by atoms with Crippen molar-refractivity contribution >= 4 is 34.8 Å². The maximum Gasteiger partial charge on any atom is 0.405 e. The largest absolute Gasteiger partial charge is 0.405 e.